The Bertz CT molecular complexity index is 588. The molecule has 1 saturated heterocycles. The lowest BCUT2D eigenvalue weighted by Gasteiger charge is -2.37. The Morgan fingerprint density at radius 3 is 2.52 bits per heavy atom. The lowest BCUT2D eigenvalue weighted by atomic mass is 10.1. The normalized spacial score (nSPS) is 18.2. The molecule has 0 spiro atoms. The number of hydrogen-bond donors (Lipinski definition) is 0. The number of nitrogens with zero attached hydrogens (tertiary/aromatic N) is 6. The van der Waals surface area contributed by atoms with Crippen molar-refractivity contribution in [3.63, 3.8) is 0 Å². The Hall–Kier alpha value is -1.79. The highest BCUT2D eigenvalue weighted by Gasteiger charge is 2.27. The first kappa shape index (κ1) is 16.1. The molecule has 0 radical (unpaired) electrons. The fraction of sp³-hybridized carbons (Fsp3) is 0.588. The molecular formula is C17H26N6. The topological polar surface area (TPSA) is 50.1 Å². The molecule has 2 aromatic rings. The molecule has 2 heterocycles. The van der Waals surface area contributed by atoms with Gasteiger partial charge in [-0.05, 0) is 29.5 Å². The van der Waals surface area contributed by atoms with Gasteiger partial charge in [0.15, 0.2) is 5.82 Å². The predicted molar refractivity (Wildman–Crippen MR) is 90.1 cm³/mol. The van der Waals surface area contributed by atoms with Gasteiger partial charge in [-0.1, -0.05) is 43.7 Å². The van der Waals surface area contributed by atoms with Gasteiger partial charge in [-0.3, -0.25) is 4.90 Å². The molecule has 124 valence electrons. The van der Waals surface area contributed by atoms with Crippen LogP contribution in [0.15, 0.2) is 30.3 Å². The number of benzene rings is 1. The molecule has 6 nitrogen and oxygen atoms in total. The van der Waals surface area contributed by atoms with Crippen LogP contribution in [-0.2, 0) is 6.54 Å². The molecule has 0 N–H and O–H groups in total. The van der Waals surface area contributed by atoms with E-state index in [4.69, 9.17) is 0 Å². The Kier molecular flexibility index (Phi) is 5.35. The lowest BCUT2D eigenvalue weighted by Crippen LogP contribution is -2.46. The van der Waals surface area contributed by atoms with Gasteiger partial charge in [0.05, 0.1) is 12.6 Å². The summed E-state index contributed by atoms with van der Waals surface area (Å²) in [5.41, 5.74) is 1.23. The molecule has 23 heavy (non-hydrogen) atoms. The summed E-state index contributed by atoms with van der Waals surface area (Å²) in [5.74, 6) is 1.00. The van der Waals surface area contributed by atoms with Crippen LogP contribution < -0.4 is 0 Å². The summed E-state index contributed by atoms with van der Waals surface area (Å²) in [6.07, 6.45) is 2.23. The molecule has 0 saturated carbocycles. The Morgan fingerprint density at radius 2 is 1.83 bits per heavy atom. The van der Waals surface area contributed by atoms with E-state index in [0.29, 0.717) is 6.04 Å². The van der Waals surface area contributed by atoms with E-state index in [0.717, 1.165) is 51.4 Å². The molecule has 6 heteroatoms. The summed E-state index contributed by atoms with van der Waals surface area (Å²) in [7, 11) is 2.19. The maximum Gasteiger partial charge on any atom is 0.168 e. The van der Waals surface area contributed by atoms with Gasteiger partial charge in [0.1, 0.15) is 0 Å². The van der Waals surface area contributed by atoms with Gasteiger partial charge in [0.25, 0.3) is 0 Å². The van der Waals surface area contributed by atoms with Crippen molar-refractivity contribution in [3.8, 4) is 0 Å². The van der Waals surface area contributed by atoms with Crippen LogP contribution in [0.25, 0.3) is 0 Å². The minimum absolute atomic E-state index is 0.312. The second-order valence-electron chi connectivity index (χ2n) is 6.32. The fourth-order valence-electron chi connectivity index (χ4n) is 3.20. The molecule has 1 atom stereocenters. The first-order chi connectivity index (χ1) is 11.3. The molecule has 1 fully saturated rings. The fourth-order valence-corrected chi connectivity index (χ4v) is 3.20. The maximum atomic E-state index is 4.37. The van der Waals surface area contributed by atoms with Crippen LogP contribution in [0.2, 0.25) is 0 Å². The van der Waals surface area contributed by atoms with E-state index >= 15 is 0 Å². The van der Waals surface area contributed by atoms with Crippen LogP contribution in [0.1, 0.15) is 37.2 Å². The van der Waals surface area contributed by atoms with Gasteiger partial charge in [-0.25, -0.2) is 4.68 Å². The van der Waals surface area contributed by atoms with E-state index in [1.54, 1.807) is 0 Å². The van der Waals surface area contributed by atoms with Crippen molar-refractivity contribution >= 4 is 0 Å². The standard InChI is InChI=1S/C17H26N6/c1-3-7-16(22-12-10-21(2)11-13-22)17-18-19-20-23(17)14-15-8-5-4-6-9-15/h4-6,8-9,16H,3,7,10-14H2,1-2H3/t16-/m1/s1. The predicted octanol–water partition coefficient (Wildman–Crippen LogP) is 1.81. The zero-order valence-electron chi connectivity index (χ0n) is 14.1. The first-order valence-corrected chi connectivity index (χ1v) is 8.50. The van der Waals surface area contributed by atoms with Crippen molar-refractivity contribution in [2.24, 2.45) is 0 Å². The molecule has 0 bridgehead atoms. The van der Waals surface area contributed by atoms with Gasteiger partial charge < -0.3 is 4.90 Å². The third kappa shape index (κ3) is 3.95. The molecule has 1 aliphatic heterocycles. The lowest BCUT2D eigenvalue weighted by molar-refractivity contribution is 0.0996. The van der Waals surface area contributed by atoms with Crippen molar-refractivity contribution in [1.29, 1.82) is 0 Å². The van der Waals surface area contributed by atoms with E-state index in [1.807, 2.05) is 10.7 Å². The number of hydrogen-bond acceptors (Lipinski definition) is 5. The summed E-state index contributed by atoms with van der Waals surface area (Å²) < 4.78 is 1.97. The van der Waals surface area contributed by atoms with Crippen molar-refractivity contribution in [1.82, 2.24) is 30.0 Å². The molecule has 1 aromatic heterocycles. The summed E-state index contributed by atoms with van der Waals surface area (Å²) in [4.78, 5) is 4.92. The van der Waals surface area contributed by atoms with Crippen LogP contribution in [-0.4, -0.2) is 63.2 Å². The highest BCUT2D eigenvalue weighted by molar-refractivity contribution is 5.15. The van der Waals surface area contributed by atoms with E-state index in [-0.39, 0.29) is 0 Å². The second-order valence-corrected chi connectivity index (χ2v) is 6.32. The zero-order valence-corrected chi connectivity index (χ0v) is 14.1. The number of likely N-dealkylation sites (N-methyl/N-ethyl adjacent to an activating group) is 1. The largest absolute Gasteiger partial charge is 0.304 e. The van der Waals surface area contributed by atoms with E-state index < -0.39 is 0 Å². The molecular weight excluding hydrogens is 288 g/mol. The van der Waals surface area contributed by atoms with Crippen LogP contribution >= 0.6 is 0 Å². The van der Waals surface area contributed by atoms with E-state index in [1.165, 1.54) is 5.56 Å². The number of rotatable bonds is 6. The zero-order chi connectivity index (χ0) is 16.1. The molecule has 1 aromatic carbocycles. The average Bonchev–Trinajstić information content (AvgIpc) is 3.02. The average molecular weight is 314 g/mol. The Morgan fingerprint density at radius 1 is 1.09 bits per heavy atom. The second kappa shape index (κ2) is 7.66. The summed E-state index contributed by atoms with van der Waals surface area (Å²) in [5, 5.41) is 12.6. The Labute approximate surface area is 138 Å². The van der Waals surface area contributed by atoms with Crippen molar-refractivity contribution in [2.45, 2.75) is 32.4 Å². The molecule has 3 rings (SSSR count). The number of tetrazole rings is 1. The highest BCUT2D eigenvalue weighted by atomic mass is 15.6. The maximum absolute atomic E-state index is 4.37. The quantitative estimate of drug-likeness (QED) is 0.814. The molecule has 1 aliphatic rings. The van der Waals surface area contributed by atoms with Crippen molar-refractivity contribution < 1.29 is 0 Å². The van der Waals surface area contributed by atoms with Crippen molar-refractivity contribution in [2.75, 3.05) is 33.2 Å². The van der Waals surface area contributed by atoms with Gasteiger partial charge in [0.2, 0.25) is 0 Å². The van der Waals surface area contributed by atoms with Crippen LogP contribution in [0.5, 0.6) is 0 Å². The van der Waals surface area contributed by atoms with Gasteiger partial charge in [-0.2, -0.15) is 0 Å². The number of piperazine rings is 1. The summed E-state index contributed by atoms with van der Waals surface area (Å²) >= 11 is 0. The monoisotopic (exact) mass is 314 g/mol. The van der Waals surface area contributed by atoms with Gasteiger partial charge in [0, 0.05) is 26.2 Å². The smallest absolute Gasteiger partial charge is 0.168 e. The van der Waals surface area contributed by atoms with Crippen LogP contribution in [0, 0.1) is 0 Å². The SMILES string of the molecule is CCC[C@H](c1nnnn1Cc1ccccc1)N1CCN(C)CC1. The molecule has 0 aliphatic carbocycles. The third-order valence-electron chi connectivity index (χ3n) is 4.57. The molecule has 0 unspecified atom stereocenters. The van der Waals surface area contributed by atoms with Crippen molar-refractivity contribution in [3.05, 3.63) is 41.7 Å². The highest BCUT2D eigenvalue weighted by Crippen LogP contribution is 2.25. The Balaban J connectivity index is 1.79. The third-order valence-corrected chi connectivity index (χ3v) is 4.57. The number of aromatic nitrogens is 4. The first-order valence-electron chi connectivity index (χ1n) is 8.50. The minimum Gasteiger partial charge on any atom is -0.304 e. The van der Waals surface area contributed by atoms with Crippen LogP contribution in [0.4, 0.5) is 0 Å². The van der Waals surface area contributed by atoms with Crippen LogP contribution in [0.3, 0.4) is 0 Å². The molecule has 0 amide bonds. The van der Waals surface area contributed by atoms with Gasteiger partial charge in [-0.15, -0.1) is 5.10 Å². The minimum atomic E-state index is 0.312. The van der Waals surface area contributed by atoms with E-state index in [9.17, 15) is 0 Å². The summed E-state index contributed by atoms with van der Waals surface area (Å²) in [6.45, 7) is 7.35. The van der Waals surface area contributed by atoms with E-state index in [2.05, 4.69) is 63.6 Å². The summed E-state index contributed by atoms with van der Waals surface area (Å²) in [6, 6.07) is 10.7. The van der Waals surface area contributed by atoms with Gasteiger partial charge >= 0.3 is 0 Å².